The number of sulfonamides is 1. The van der Waals surface area contributed by atoms with Crippen molar-refractivity contribution in [1.29, 1.82) is 0 Å². The molecule has 0 saturated carbocycles. The minimum Gasteiger partial charge on any atom is -0.459 e. The predicted molar refractivity (Wildman–Crippen MR) is 246 cm³/mol. The lowest BCUT2D eigenvalue weighted by molar-refractivity contribution is -0.336. The highest BCUT2D eigenvalue weighted by Crippen LogP contribution is 2.43. The number of carbonyl (C=O) groups is 1. The van der Waals surface area contributed by atoms with Gasteiger partial charge in [0.25, 0.3) is 0 Å². The number of carbonyl (C=O) groups excluding carboxylic acids is 1. The Morgan fingerprint density at radius 1 is 0.970 bits per heavy atom. The number of hydrogen-bond acceptors (Lipinski definition) is 17. The molecule has 0 radical (unpaired) electrons. The third kappa shape index (κ3) is 12.6. The molecule has 0 spiro atoms. The molecule has 18 atom stereocenters. The molecule has 3 aliphatic rings. The summed E-state index contributed by atoms with van der Waals surface area (Å²) in [6.45, 7) is 18.0. The zero-order chi connectivity index (χ0) is 49.7. The molecule has 382 valence electrons. The van der Waals surface area contributed by atoms with Crippen molar-refractivity contribution in [3.63, 3.8) is 0 Å². The monoisotopic (exact) mass is 981 g/mol. The SMILES string of the molecule is CC[C@H]1OC(=O)[C@H](C)[C@@H](O[C@H]2C[C@@](C)(OC)[C@](O)(CNCCOC)[C@H](C)O2)[C@H](C)[C@@H](O[C@@H]2O[C@H](C)C[C@H](N(C)S(=O)(=O)c3ccc(Cl)cc3)[C@H]2O)[C@](C)(O)C[C@@H](C)CN[C@H](C)[C@@H](O)[C@]1(C)O. The summed E-state index contributed by atoms with van der Waals surface area (Å²) in [6, 6.07) is 3.98. The van der Waals surface area contributed by atoms with Gasteiger partial charge in [-0.25, -0.2) is 8.42 Å². The molecule has 3 heterocycles. The van der Waals surface area contributed by atoms with Gasteiger partial charge in [0.2, 0.25) is 10.0 Å². The second-order valence-electron chi connectivity index (χ2n) is 19.7. The maximum absolute atomic E-state index is 14.5. The molecule has 0 unspecified atom stereocenters. The number of benzene rings is 1. The standard InChI is InChI=1S/C46H80ClN3O15S/c1-14-35-45(10,55)39(52)30(6)49-24-26(2)22-43(8,54)40(65-42-37(51)34(21-27(3)61-42)50(11)66(57,58)33-17-15-32(47)16-18-33)28(4)38(29(5)41(53)63-35)64-36-23-44(9,60-13)46(56,31(7)62-36)25-48-19-20-59-12/h15-18,26-31,34-40,42,48-49,51-52,54-56H,14,19-25H2,1-13H3/t26-,27-,28+,29-,30-,31+,34+,35-,36+,37-,38+,39-,40-,42+,43-,44-,45-,46+/m1/s1. The van der Waals surface area contributed by atoms with Gasteiger partial charge in [0.15, 0.2) is 12.6 Å². The molecule has 7 N–H and O–H groups in total. The molecule has 3 saturated heterocycles. The highest BCUT2D eigenvalue weighted by Gasteiger charge is 2.58. The molecule has 1 aromatic carbocycles. The van der Waals surface area contributed by atoms with Crippen LogP contribution in [0.2, 0.25) is 5.02 Å². The van der Waals surface area contributed by atoms with Crippen LogP contribution < -0.4 is 10.6 Å². The van der Waals surface area contributed by atoms with E-state index in [0.717, 1.165) is 4.31 Å². The molecule has 4 rings (SSSR count). The van der Waals surface area contributed by atoms with Crippen molar-refractivity contribution < 1.29 is 71.9 Å². The minimum absolute atomic E-state index is 0.0135. The Balaban J connectivity index is 1.81. The van der Waals surface area contributed by atoms with Crippen molar-refractivity contribution in [1.82, 2.24) is 14.9 Å². The maximum atomic E-state index is 14.5. The Bertz CT molecular complexity index is 1810. The predicted octanol–water partition coefficient (Wildman–Crippen LogP) is 2.58. The Morgan fingerprint density at radius 3 is 2.20 bits per heavy atom. The fraction of sp³-hybridized carbons (Fsp3) is 0.848. The first kappa shape index (κ1) is 57.0. The summed E-state index contributed by atoms with van der Waals surface area (Å²) >= 11 is 6.06. The van der Waals surface area contributed by atoms with Crippen LogP contribution in [-0.2, 0) is 48.0 Å². The number of nitrogens with zero attached hydrogens (tertiary/aromatic N) is 1. The van der Waals surface area contributed by atoms with Gasteiger partial charge in [-0.15, -0.1) is 0 Å². The van der Waals surface area contributed by atoms with E-state index >= 15 is 0 Å². The highest BCUT2D eigenvalue weighted by molar-refractivity contribution is 7.89. The van der Waals surface area contributed by atoms with Gasteiger partial charge in [-0.2, -0.15) is 4.31 Å². The third-order valence-electron chi connectivity index (χ3n) is 14.4. The smallest absolute Gasteiger partial charge is 0.311 e. The zero-order valence-electron chi connectivity index (χ0n) is 41.1. The van der Waals surface area contributed by atoms with Crippen molar-refractivity contribution in [3.8, 4) is 0 Å². The van der Waals surface area contributed by atoms with Crippen LogP contribution in [0.1, 0.15) is 94.9 Å². The van der Waals surface area contributed by atoms with E-state index in [2.05, 4.69) is 10.6 Å². The van der Waals surface area contributed by atoms with Crippen molar-refractivity contribution in [3.05, 3.63) is 29.3 Å². The maximum Gasteiger partial charge on any atom is 0.311 e. The van der Waals surface area contributed by atoms with Crippen molar-refractivity contribution in [2.45, 2.75) is 190 Å². The number of halogens is 1. The lowest BCUT2D eigenvalue weighted by atomic mass is 9.75. The summed E-state index contributed by atoms with van der Waals surface area (Å²) in [5.74, 6) is -3.20. The molecular formula is C46H80ClN3O15S. The first-order valence-electron chi connectivity index (χ1n) is 23.2. The van der Waals surface area contributed by atoms with E-state index in [1.165, 1.54) is 45.3 Å². The van der Waals surface area contributed by atoms with Crippen LogP contribution in [0.4, 0.5) is 0 Å². The van der Waals surface area contributed by atoms with E-state index < -0.39 is 118 Å². The number of methoxy groups -OCH3 is 2. The average Bonchev–Trinajstić information content (AvgIpc) is 3.25. The van der Waals surface area contributed by atoms with Crippen molar-refractivity contribution in [2.24, 2.45) is 17.8 Å². The Hall–Kier alpha value is -1.63. The van der Waals surface area contributed by atoms with Crippen LogP contribution in [0.15, 0.2) is 29.2 Å². The van der Waals surface area contributed by atoms with E-state index in [-0.39, 0.29) is 49.6 Å². The Morgan fingerprint density at radius 2 is 1.61 bits per heavy atom. The fourth-order valence-electron chi connectivity index (χ4n) is 10.0. The van der Waals surface area contributed by atoms with E-state index in [1.54, 1.807) is 62.5 Å². The van der Waals surface area contributed by atoms with E-state index in [4.69, 9.17) is 44.8 Å². The topological polar surface area (TPSA) is 244 Å². The molecule has 18 nitrogen and oxygen atoms in total. The number of esters is 1. The average molecular weight is 983 g/mol. The van der Waals surface area contributed by atoms with Gasteiger partial charge >= 0.3 is 5.97 Å². The number of hydrogen-bond donors (Lipinski definition) is 7. The minimum atomic E-state index is -4.15. The Kier molecular flexibility index (Phi) is 19.9. The van der Waals surface area contributed by atoms with Gasteiger partial charge in [0.1, 0.15) is 35.1 Å². The van der Waals surface area contributed by atoms with Crippen LogP contribution >= 0.6 is 11.6 Å². The molecular weight excluding hydrogens is 902 g/mol. The van der Waals surface area contributed by atoms with E-state index in [9.17, 15) is 38.7 Å². The molecule has 0 bridgehead atoms. The van der Waals surface area contributed by atoms with Gasteiger partial charge in [0.05, 0.1) is 53.5 Å². The van der Waals surface area contributed by atoms with Gasteiger partial charge in [0, 0.05) is 57.8 Å². The summed E-state index contributed by atoms with van der Waals surface area (Å²) in [4.78, 5) is 14.5. The molecule has 3 aliphatic heterocycles. The largest absolute Gasteiger partial charge is 0.459 e. The number of likely N-dealkylation sites (N-methyl/N-ethyl adjacent to an activating group) is 1. The molecule has 1 aromatic rings. The molecule has 20 heteroatoms. The number of ether oxygens (including phenoxy) is 7. The van der Waals surface area contributed by atoms with Crippen LogP contribution in [0.3, 0.4) is 0 Å². The summed E-state index contributed by atoms with van der Waals surface area (Å²) in [6.07, 6.45) is -10.4. The van der Waals surface area contributed by atoms with Gasteiger partial charge in [-0.1, -0.05) is 32.4 Å². The highest BCUT2D eigenvalue weighted by atomic mass is 35.5. The fourth-order valence-corrected chi connectivity index (χ4v) is 11.5. The molecule has 0 aliphatic carbocycles. The van der Waals surface area contributed by atoms with Crippen LogP contribution in [0.25, 0.3) is 0 Å². The second kappa shape index (κ2) is 23.1. The number of aliphatic hydroxyl groups is 5. The zero-order valence-corrected chi connectivity index (χ0v) is 42.7. The summed E-state index contributed by atoms with van der Waals surface area (Å²) in [5.41, 5.74) is -6.46. The number of nitrogens with one attached hydrogen (secondary N) is 2. The normalized spacial score (nSPS) is 42.6. The van der Waals surface area contributed by atoms with Crippen LogP contribution in [0.5, 0.6) is 0 Å². The molecule has 3 fully saturated rings. The summed E-state index contributed by atoms with van der Waals surface area (Å²) in [7, 11) is 0.275. The third-order valence-corrected chi connectivity index (χ3v) is 16.5. The van der Waals surface area contributed by atoms with Crippen LogP contribution in [0, 0.1) is 17.8 Å². The van der Waals surface area contributed by atoms with Gasteiger partial charge < -0.3 is 69.3 Å². The molecule has 66 heavy (non-hydrogen) atoms. The van der Waals surface area contributed by atoms with E-state index in [1.807, 2.05) is 6.92 Å². The first-order valence-corrected chi connectivity index (χ1v) is 25.0. The summed E-state index contributed by atoms with van der Waals surface area (Å²) < 4.78 is 72.5. The molecule has 0 amide bonds. The van der Waals surface area contributed by atoms with Crippen molar-refractivity contribution >= 4 is 27.6 Å². The number of rotatable bonds is 14. The molecule has 0 aromatic heterocycles. The quantitative estimate of drug-likeness (QED) is 0.105. The second-order valence-corrected chi connectivity index (χ2v) is 22.1. The van der Waals surface area contributed by atoms with Crippen molar-refractivity contribution in [2.75, 3.05) is 47.5 Å². The Labute approximate surface area is 397 Å². The van der Waals surface area contributed by atoms with Gasteiger partial charge in [-0.3, -0.25) is 4.79 Å². The number of cyclic esters (lactones) is 1. The van der Waals surface area contributed by atoms with E-state index in [0.29, 0.717) is 18.2 Å². The van der Waals surface area contributed by atoms with Crippen LogP contribution in [-0.4, -0.2) is 182 Å². The van der Waals surface area contributed by atoms with Gasteiger partial charge in [-0.05, 0) is 104 Å². The summed E-state index contributed by atoms with van der Waals surface area (Å²) in [5, 5.41) is 67.0. The lowest BCUT2D eigenvalue weighted by Gasteiger charge is -2.53. The number of aliphatic hydroxyl groups excluding tert-OH is 2. The first-order chi connectivity index (χ1) is 30.6. The lowest BCUT2D eigenvalue weighted by Crippen LogP contribution is -2.70.